The molecule has 1 amide bonds. The van der Waals surface area contributed by atoms with Gasteiger partial charge in [0.05, 0.1) is 0 Å². The van der Waals surface area contributed by atoms with Gasteiger partial charge in [-0.25, -0.2) is 4.79 Å². The number of piperidine rings is 1. The van der Waals surface area contributed by atoms with Gasteiger partial charge in [0, 0.05) is 18.1 Å². The first-order chi connectivity index (χ1) is 7.11. The molecule has 1 saturated heterocycles. The summed E-state index contributed by atoms with van der Waals surface area (Å²) in [6.07, 6.45) is 1.43. The monoisotopic (exact) mass is 228 g/mol. The molecule has 0 spiro atoms. The van der Waals surface area contributed by atoms with Crippen LogP contribution in [0, 0.1) is 0 Å². The molecule has 0 aromatic heterocycles. The van der Waals surface area contributed by atoms with Crippen LogP contribution in [0.1, 0.15) is 47.5 Å². The average Bonchev–Trinajstić information content (AvgIpc) is 1.97. The van der Waals surface area contributed by atoms with E-state index in [-0.39, 0.29) is 17.7 Å². The fourth-order valence-corrected chi connectivity index (χ4v) is 2.08. The molecule has 0 aromatic carbocycles. The van der Waals surface area contributed by atoms with Gasteiger partial charge in [-0.2, -0.15) is 0 Å². The fraction of sp³-hybridized carbons (Fsp3) is 0.917. The maximum absolute atomic E-state index is 11.9. The van der Waals surface area contributed by atoms with Crippen molar-refractivity contribution < 1.29 is 9.53 Å². The average molecular weight is 228 g/mol. The largest absolute Gasteiger partial charge is 0.444 e. The molecular formula is C12H24N2O2. The standard InChI is InChI=1S/C12H24N2O2/c1-9-8-12(5,13)6-7-14(9)10(15)16-11(2,3)4/h9H,6-8,13H2,1-5H3/t9-,12+/m0/s1. The number of amides is 1. The molecule has 1 rings (SSSR count). The zero-order valence-electron chi connectivity index (χ0n) is 11.0. The van der Waals surface area contributed by atoms with Gasteiger partial charge in [0.2, 0.25) is 0 Å². The highest BCUT2D eigenvalue weighted by atomic mass is 16.6. The first-order valence-corrected chi connectivity index (χ1v) is 5.89. The van der Waals surface area contributed by atoms with E-state index < -0.39 is 5.60 Å². The molecule has 0 saturated carbocycles. The van der Waals surface area contributed by atoms with Gasteiger partial charge in [-0.15, -0.1) is 0 Å². The van der Waals surface area contributed by atoms with E-state index in [9.17, 15) is 4.79 Å². The minimum absolute atomic E-state index is 0.151. The molecule has 2 N–H and O–H groups in total. The maximum atomic E-state index is 11.9. The number of rotatable bonds is 0. The summed E-state index contributed by atoms with van der Waals surface area (Å²) in [4.78, 5) is 13.7. The number of ether oxygens (including phenoxy) is 1. The first kappa shape index (κ1) is 13.3. The van der Waals surface area contributed by atoms with Crippen LogP contribution in [-0.2, 0) is 4.74 Å². The molecule has 4 nitrogen and oxygen atoms in total. The minimum Gasteiger partial charge on any atom is -0.444 e. The number of nitrogens with zero attached hydrogens (tertiary/aromatic N) is 1. The highest BCUT2D eigenvalue weighted by Crippen LogP contribution is 2.25. The summed E-state index contributed by atoms with van der Waals surface area (Å²) in [6, 6.07) is 0.151. The van der Waals surface area contributed by atoms with Crippen LogP contribution in [0.3, 0.4) is 0 Å². The Bertz CT molecular complexity index is 269. The van der Waals surface area contributed by atoms with Crippen molar-refractivity contribution >= 4 is 6.09 Å². The lowest BCUT2D eigenvalue weighted by Gasteiger charge is -2.41. The van der Waals surface area contributed by atoms with Crippen LogP contribution in [0.2, 0.25) is 0 Å². The smallest absolute Gasteiger partial charge is 0.410 e. The molecule has 2 atom stereocenters. The van der Waals surface area contributed by atoms with Crippen LogP contribution in [0.4, 0.5) is 4.79 Å². The fourth-order valence-electron chi connectivity index (χ4n) is 2.08. The Morgan fingerprint density at radius 2 is 2.06 bits per heavy atom. The highest BCUT2D eigenvalue weighted by molar-refractivity contribution is 5.68. The van der Waals surface area contributed by atoms with E-state index in [1.54, 1.807) is 4.90 Å². The van der Waals surface area contributed by atoms with Crippen molar-refractivity contribution in [3.05, 3.63) is 0 Å². The van der Waals surface area contributed by atoms with E-state index in [1.165, 1.54) is 0 Å². The zero-order chi connectivity index (χ0) is 12.6. The Hall–Kier alpha value is -0.770. The molecule has 0 aromatic rings. The molecule has 94 valence electrons. The van der Waals surface area contributed by atoms with Crippen LogP contribution >= 0.6 is 0 Å². The van der Waals surface area contributed by atoms with Gasteiger partial charge in [-0.1, -0.05) is 0 Å². The predicted octanol–water partition coefficient (Wildman–Crippen LogP) is 2.12. The summed E-state index contributed by atoms with van der Waals surface area (Å²) in [5.41, 5.74) is 5.49. The van der Waals surface area contributed by atoms with E-state index in [2.05, 4.69) is 0 Å². The lowest BCUT2D eigenvalue weighted by atomic mass is 9.87. The lowest BCUT2D eigenvalue weighted by Crippen LogP contribution is -2.54. The summed E-state index contributed by atoms with van der Waals surface area (Å²) in [6.45, 7) is 10.4. The number of likely N-dealkylation sites (tertiary alicyclic amines) is 1. The Morgan fingerprint density at radius 3 is 2.50 bits per heavy atom. The summed E-state index contributed by atoms with van der Waals surface area (Å²) in [7, 11) is 0. The SMILES string of the molecule is C[C@H]1C[C@](C)(N)CCN1C(=O)OC(C)(C)C. The summed E-state index contributed by atoms with van der Waals surface area (Å²) >= 11 is 0. The van der Waals surface area contributed by atoms with Gasteiger partial charge in [0.1, 0.15) is 5.60 Å². The zero-order valence-corrected chi connectivity index (χ0v) is 11.0. The van der Waals surface area contributed by atoms with Crippen LogP contribution in [0.25, 0.3) is 0 Å². The van der Waals surface area contributed by atoms with E-state index in [0.29, 0.717) is 6.54 Å². The van der Waals surface area contributed by atoms with Crippen LogP contribution in [-0.4, -0.2) is 34.7 Å². The van der Waals surface area contributed by atoms with Gasteiger partial charge >= 0.3 is 6.09 Å². The molecule has 0 aliphatic carbocycles. The second-order valence-electron chi connectivity index (χ2n) is 6.13. The second kappa shape index (κ2) is 4.24. The molecule has 0 bridgehead atoms. The van der Waals surface area contributed by atoms with E-state index in [4.69, 9.17) is 10.5 Å². The number of hydrogen-bond donors (Lipinski definition) is 1. The van der Waals surface area contributed by atoms with Gasteiger partial charge in [0.15, 0.2) is 0 Å². The van der Waals surface area contributed by atoms with Gasteiger partial charge in [-0.05, 0) is 47.5 Å². The van der Waals surface area contributed by atoms with Gasteiger partial charge in [-0.3, -0.25) is 0 Å². The lowest BCUT2D eigenvalue weighted by molar-refractivity contribution is 0.00602. The Kier molecular flexibility index (Phi) is 3.53. The first-order valence-electron chi connectivity index (χ1n) is 5.89. The molecule has 1 fully saturated rings. The quantitative estimate of drug-likeness (QED) is 0.691. The molecular weight excluding hydrogens is 204 g/mol. The Balaban J connectivity index is 2.59. The van der Waals surface area contributed by atoms with Crippen LogP contribution < -0.4 is 5.73 Å². The normalized spacial score (nSPS) is 31.4. The molecule has 1 aliphatic rings. The minimum atomic E-state index is -0.430. The van der Waals surface area contributed by atoms with Crippen LogP contribution in [0.5, 0.6) is 0 Å². The second-order valence-corrected chi connectivity index (χ2v) is 6.13. The third kappa shape index (κ3) is 3.67. The molecule has 0 unspecified atom stereocenters. The number of carbonyl (C=O) groups excluding carboxylic acids is 1. The van der Waals surface area contributed by atoms with Crippen molar-refractivity contribution in [2.45, 2.75) is 64.6 Å². The Morgan fingerprint density at radius 1 is 1.50 bits per heavy atom. The van der Waals surface area contributed by atoms with Crippen molar-refractivity contribution in [2.24, 2.45) is 5.73 Å². The molecule has 1 heterocycles. The van der Waals surface area contributed by atoms with Crippen molar-refractivity contribution in [3.8, 4) is 0 Å². The van der Waals surface area contributed by atoms with Crippen LogP contribution in [0.15, 0.2) is 0 Å². The van der Waals surface area contributed by atoms with Gasteiger partial charge in [0.25, 0.3) is 0 Å². The highest BCUT2D eigenvalue weighted by Gasteiger charge is 2.35. The third-order valence-electron chi connectivity index (χ3n) is 2.85. The van der Waals surface area contributed by atoms with Crippen molar-refractivity contribution in [1.82, 2.24) is 4.90 Å². The molecule has 4 heteroatoms. The number of carbonyl (C=O) groups is 1. The van der Waals surface area contributed by atoms with E-state index >= 15 is 0 Å². The topological polar surface area (TPSA) is 55.6 Å². The summed E-state index contributed by atoms with van der Waals surface area (Å²) < 4.78 is 5.36. The maximum Gasteiger partial charge on any atom is 0.410 e. The predicted molar refractivity (Wildman–Crippen MR) is 64.2 cm³/mol. The van der Waals surface area contributed by atoms with Gasteiger partial charge < -0.3 is 15.4 Å². The molecule has 0 radical (unpaired) electrons. The summed E-state index contributed by atoms with van der Waals surface area (Å²) in [5, 5.41) is 0. The van der Waals surface area contributed by atoms with Crippen molar-refractivity contribution in [1.29, 1.82) is 0 Å². The number of hydrogen-bond acceptors (Lipinski definition) is 3. The molecule has 16 heavy (non-hydrogen) atoms. The Labute approximate surface area is 98.1 Å². The van der Waals surface area contributed by atoms with E-state index in [1.807, 2.05) is 34.6 Å². The van der Waals surface area contributed by atoms with Crippen molar-refractivity contribution in [3.63, 3.8) is 0 Å². The third-order valence-corrected chi connectivity index (χ3v) is 2.85. The summed E-state index contributed by atoms with van der Waals surface area (Å²) in [5.74, 6) is 0. The number of nitrogens with two attached hydrogens (primary N) is 1. The van der Waals surface area contributed by atoms with E-state index in [0.717, 1.165) is 12.8 Å². The molecule has 1 aliphatic heterocycles. The van der Waals surface area contributed by atoms with Crippen molar-refractivity contribution in [2.75, 3.05) is 6.54 Å².